The molecule has 3 heterocycles. The Morgan fingerprint density at radius 2 is 1.83 bits per heavy atom. The minimum Gasteiger partial charge on any atom is -0.307 e. The summed E-state index contributed by atoms with van der Waals surface area (Å²) in [6.07, 6.45) is 1.55. The summed E-state index contributed by atoms with van der Waals surface area (Å²) in [4.78, 5) is 14.1. The highest BCUT2D eigenvalue weighted by Crippen LogP contribution is 2.29. The Labute approximate surface area is 171 Å². The predicted molar refractivity (Wildman–Crippen MR) is 117 cm³/mol. The van der Waals surface area contributed by atoms with E-state index in [0.717, 1.165) is 27.5 Å². The van der Waals surface area contributed by atoms with Gasteiger partial charge in [-0.05, 0) is 19.4 Å². The fraction of sp³-hybridized carbons (Fsp3) is 0.0909. The third kappa shape index (κ3) is 3.36. The van der Waals surface area contributed by atoms with Crippen LogP contribution in [-0.2, 0) is 0 Å². The maximum Gasteiger partial charge on any atom is 0.249 e. The van der Waals surface area contributed by atoms with Gasteiger partial charge in [0.1, 0.15) is 12.1 Å². The summed E-state index contributed by atoms with van der Waals surface area (Å²) in [6.45, 7) is 4.22. The molecule has 5 rings (SSSR count). The molecule has 0 bridgehead atoms. The van der Waals surface area contributed by atoms with Crippen LogP contribution in [0.1, 0.15) is 11.1 Å². The Hall–Kier alpha value is -3.58. The van der Waals surface area contributed by atoms with Crippen LogP contribution < -0.4 is 5.32 Å². The van der Waals surface area contributed by atoms with Gasteiger partial charge in [-0.25, -0.2) is 14.5 Å². The number of thiazole rings is 1. The van der Waals surface area contributed by atoms with Gasteiger partial charge in [0.05, 0.1) is 11.4 Å². The molecule has 7 heteroatoms. The molecule has 0 aliphatic carbocycles. The average Bonchev–Trinajstić information content (AvgIpc) is 3.29. The molecule has 0 amide bonds. The van der Waals surface area contributed by atoms with Gasteiger partial charge in [-0.15, -0.1) is 16.4 Å². The lowest BCUT2D eigenvalue weighted by Gasteiger charge is -2.05. The summed E-state index contributed by atoms with van der Waals surface area (Å²) in [7, 11) is 0. The molecule has 0 saturated heterocycles. The summed E-state index contributed by atoms with van der Waals surface area (Å²) in [5.41, 5.74) is 6.55. The number of aromatic nitrogens is 5. The van der Waals surface area contributed by atoms with Gasteiger partial charge in [-0.3, -0.25) is 0 Å². The van der Waals surface area contributed by atoms with Crippen molar-refractivity contribution in [2.75, 3.05) is 5.32 Å². The Balaban J connectivity index is 1.47. The SMILES string of the molecule is Cc1ccc(-c2csc3nc(Nc4cc(-c5ccccc5)ncn4)nn23)c(C)c1. The van der Waals surface area contributed by atoms with Gasteiger partial charge in [0.25, 0.3) is 0 Å². The zero-order valence-corrected chi connectivity index (χ0v) is 16.8. The largest absolute Gasteiger partial charge is 0.307 e. The molecule has 0 spiro atoms. The van der Waals surface area contributed by atoms with Gasteiger partial charge in [0, 0.05) is 22.6 Å². The predicted octanol–water partition coefficient (Wildman–Crippen LogP) is 5.28. The van der Waals surface area contributed by atoms with E-state index in [1.807, 2.05) is 40.9 Å². The van der Waals surface area contributed by atoms with Crippen LogP contribution in [0.5, 0.6) is 0 Å². The smallest absolute Gasteiger partial charge is 0.249 e. The number of nitrogens with zero attached hydrogens (tertiary/aromatic N) is 5. The van der Waals surface area contributed by atoms with Crippen molar-refractivity contribution in [3.8, 4) is 22.5 Å². The summed E-state index contributed by atoms with van der Waals surface area (Å²) < 4.78 is 1.88. The van der Waals surface area contributed by atoms with Crippen LogP contribution >= 0.6 is 11.3 Å². The Kier molecular flexibility index (Phi) is 4.29. The molecule has 1 N–H and O–H groups in total. The third-order valence-corrected chi connectivity index (χ3v) is 5.53. The second-order valence-electron chi connectivity index (χ2n) is 6.85. The van der Waals surface area contributed by atoms with Crippen LogP contribution in [0.15, 0.2) is 66.3 Å². The van der Waals surface area contributed by atoms with Crippen molar-refractivity contribution < 1.29 is 0 Å². The van der Waals surface area contributed by atoms with Gasteiger partial charge in [0.2, 0.25) is 10.9 Å². The molecule has 29 heavy (non-hydrogen) atoms. The number of hydrogen-bond donors (Lipinski definition) is 1. The fourth-order valence-electron chi connectivity index (χ4n) is 3.33. The molecule has 0 saturated carbocycles. The lowest BCUT2D eigenvalue weighted by atomic mass is 10.0. The van der Waals surface area contributed by atoms with Gasteiger partial charge in [-0.2, -0.15) is 4.98 Å². The van der Waals surface area contributed by atoms with Crippen molar-refractivity contribution in [2.45, 2.75) is 13.8 Å². The maximum atomic E-state index is 4.65. The Bertz CT molecular complexity index is 1310. The van der Waals surface area contributed by atoms with Crippen molar-refractivity contribution in [3.63, 3.8) is 0 Å². The molecule has 0 aliphatic rings. The molecular formula is C22H18N6S. The van der Waals surface area contributed by atoms with E-state index >= 15 is 0 Å². The van der Waals surface area contributed by atoms with Crippen LogP contribution in [0, 0.1) is 13.8 Å². The first-order chi connectivity index (χ1) is 14.2. The Morgan fingerprint density at radius 3 is 2.66 bits per heavy atom. The summed E-state index contributed by atoms with van der Waals surface area (Å²) >= 11 is 1.57. The highest BCUT2D eigenvalue weighted by Gasteiger charge is 2.14. The van der Waals surface area contributed by atoms with Crippen molar-refractivity contribution in [2.24, 2.45) is 0 Å². The first-order valence-corrected chi connectivity index (χ1v) is 10.1. The summed E-state index contributed by atoms with van der Waals surface area (Å²) in [5.74, 6) is 1.17. The van der Waals surface area contributed by atoms with E-state index in [0.29, 0.717) is 11.8 Å². The monoisotopic (exact) mass is 398 g/mol. The van der Waals surface area contributed by atoms with E-state index in [4.69, 9.17) is 0 Å². The van der Waals surface area contributed by atoms with Crippen LogP contribution in [0.3, 0.4) is 0 Å². The highest BCUT2D eigenvalue weighted by molar-refractivity contribution is 7.15. The molecule has 5 aromatic rings. The van der Waals surface area contributed by atoms with Crippen LogP contribution in [0.2, 0.25) is 0 Å². The second kappa shape index (κ2) is 7.10. The normalized spacial score (nSPS) is 11.1. The third-order valence-electron chi connectivity index (χ3n) is 4.72. The quantitative estimate of drug-likeness (QED) is 0.446. The average molecular weight is 398 g/mol. The topological polar surface area (TPSA) is 68.0 Å². The maximum absolute atomic E-state index is 4.65. The first kappa shape index (κ1) is 17.5. The minimum atomic E-state index is 0.514. The molecule has 0 aliphatic heterocycles. The van der Waals surface area contributed by atoms with Gasteiger partial charge in [-0.1, -0.05) is 54.1 Å². The minimum absolute atomic E-state index is 0.514. The van der Waals surface area contributed by atoms with Gasteiger partial charge < -0.3 is 5.32 Å². The first-order valence-electron chi connectivity index (χ1n) is 9.24. The Morgan fingerprint density at radius 1 is 0.966 bits per heavy atom. The highest BCUT2D eigenvalue weighted by atomic mass is 32.1. The van der Waals surface area contributed by atoms with E-state index in [9.17, 15) is 0 Å². The van der Waals surface area contributed by atoms with Crippen LogP contribution in [-0.4, -0.2) is 24.6 Å². The molecule has 142 valence electrons. The molecule has 0 radical (unpaired) electrons. The zero-order chi connectivity index (χ0) is 19.8. The molecule has 0 unspecified atom stereocenters. The van der Waals surface area contributed by atoms with Crippen LogP contribution in [0.25, 0.3) is 27.5 Å². The van der Waals surface area contributed by atoms with E-state index in [1.165, 1.54) is 11.1 Å². The van der Waals surface area contributed by atoms with Gasteiger partial charge in [0.15, 0.2) is 0 Å². The van der Waals surface area contributed by atoms with Crippen molar-refractivity contribution in [1.29, 1.82) is 0 Å². The van der Waals surface area contributed by atoms with E-state index < -0.39 is 0 Å². The molecule has 0 atom stereocenters. The molecule has 2 aromatic carbocycles. The standard InChI is InChI=1S/C22H18N6S/c1-14-8-9-17(15(2)10-14)19-12-29-22-26-21(27-28(19)22)25-20-11-18(23-13-24-20)16-6-4-3-5-7-16/h3-13H,1-2H3,(H,23,24,25,27). The lowest BCUT2D eigenvalue weighted by Crippen LogP contribution is -1.98. The van der Waals surface area contributed by atoms with Crippen molar-refractivity contribution in [1.82, 2.24) is 24.6 Å². The molecule has 6 nitrogen and oxygen atoms in total. The van der Waals surface area contributed by atoms with E-state index in [-0.39, 0.29) is 0 Å². The van der Waals surface area contributed by atoms with E-state index in [2.05, 4.69) is 62.8 Å². The summed E-state index contributed by atoms with van der Waals surface area (Å²) in [6, 6.07) is 18.3. The number of benzene rings is 2. The van der Waals surface area contributed by atoms with Crippen molar-refractivity contribution in [3.05, 3.63) is 77.4 Å². The van der Waals surface area contributed by atoms with Crippen molar-refractivity contribution >= 4 is 28.1 Å². The number of anilines is 2. The van der Waals surface area contributed by atoms with Gasteiger partial charge >= 0.3 is 0 Å². The number of rotatable bonds is 4. The second-order valence-corrected chi connectivity index (χ2v) is 7.69. The molecule has 3 aromatic heterocycles. The number of hydrogen-bond acceptors (Lipinski definition) is 6. The van der Waals surface area contributed by atoms with Crippen LogP contribution in [0.4, 0.5) is 11.8 Å². The zero-order valence-electron chi connectivity index (χ0n) is 16.0. The number of aryl methyl sites for hydroxylation is 2. The molecule has 0 fully saturated rings. The fourth-order valence-corrected chi connectivity index (χ4v) is 4.15. The molecular weight excluding hydrogens is 380 g/mol. The number of fused-ring (bicyclic) bond motifs is 1. The number of nitrogens with one attached hydrogen (secondary N) is 1. The lowest BCUT2D eigenvalue weighted by molar-refractivity contribution is 0.984. The van der Waals surface area contributed by atoms with E-state index in [1.54, 1.807) is 17.7 Å². The summed E-state index contributed by atoms with van der Waals surface area (Å²) in [5, 5.41) is 9.95.